The van der Waals surface area contributed by atoms with E-state index in [9.17, 15) is 0 Å². The number of nitrogens with two attached hydrogens (primary N) is 1. The van der Waals surface area contributed by atoms with Crippen LogP contribution in [0.2, 0.25) is 0 Å². The Labute approximate surface area is 106 Å². The highest BCUT2D eigenvalue weighted by molar-refractivity contribution is 5.44. The molecule has 1 heterocycles. The van der Waals surface area contributed by atoms with Gasteiger partial charge in [0.1, 0.15) is 6.26 Å². The molecule has 0 amide bonds. The molecule has 0 saturated heterocycles. The lowest BCUT2D eigenvalue weighted by atomic mass is 10.1. The molecule has 2 rings (SSSR count). The van der Waals surface area contributed by atoms with E-state index in [4.69, 9.17) is 19.6 Å². The molecule has 0 saturated carbocycles. The van der Waals surface area contributed by atoms with E-state index < -0.39 is 0 Å². The molecule has 5 heteroatoms. The average Bonchev–Trinajstić information content (AvgIpc) is 2.87. The fourth-order valence-corrected chi connectivity index (χ4v) is 1.54. The molecule has 0 aliphatic rings. The van der Waals surface area contributed by atoms with Crippen molar-refractivity contribution < 1.29 is 13.9 Å². The monoisotopic (exact) mass is 248 g/mol. The van der Waals surface area contributed by atoms with Gasteiger partial charge in [0, 0.05) is 6.54 Å². The average molecular weight is 248 g/mol. The van der Waals surface area contributed by atoms with Crippen LogP contribution < -0.4 is 15.2 Å². The smallest absolute Gasteiger partial charge is 0.399 e. The number of benzene rings is 1. The van der Waals surface area contributed by atoms with Gasteiger partial charge in [-0.25, -0.2) is 0 Å². The highest BCUT2D eigenvalue weighted by Gasteiger charge is 2.10. The molecule has 1 aromatic heterocycles. The lowest BCUT2D eigenvalue weighted by Crippen LogP contribution is -1.96. The van der Waals surface area contributed by atoms with Crippen molar-refractivity contribution in [3.8, 4) is 17.6 Å². The van der Waals surface area contributed by atoms with Crippen molar-refractivity contribution in [2.75, 3.05) is 7.11 Å². The van der Waals surface area contributed by atoms with Gasteiger partial charge in [0.25, 0.3) is 0 Å². The van der Waals surface area contributed by atoms with E-state index in [0.29, 0.717) is 23.7 Å². The Bertz CT molecular complexity index is 523. The van der Waals surface area contributed by atoms with Gasteiger partial charge in [-0.2, -0.15) is 4.98 Å². The molecule has 0 aliphatic carbocycles. The van der Waals surface area contributed by atoms with Crippen LogP contribution in [0.25, 0.3) is 0 Å². The standard InChI is InChI=1S/C13H16N2O3/c1-3-9-4-5-11(12(6-9)16-2)18-13-15-10(7-14)8-17-13/h4-6,8H,3,7,14H2,1-2H3. The maximum Gasteiger partial charge on any atom is 0.399 e. The van der Waals surface area contributed by atoms with Crippen molar-refractivity contribution >= 4 is 0 Å². The normalized spacial score (nSPS) is 10.4. The van der Waals surface area contributed by atoms with Crippen molar-refractivity contribution in [1.82, 2.24) is 4.98 Å². The topological polar surface area (TPSA) is 70.5 Å². The molecule has 2 aromatic rings. The molecule has 5 nitrogen and oxygen atoms in total. The molecule has 18 heavy (non-hydrogen) atoms. The summed E-state index contributed by atoms with van der Waals surface area (Å²) in [5.41, 5.74) is 7.27. The molecular formula is C13H16N2O3. The molecule has 0 bridgehead atoms. The molecular weight excluding hydrogens is 232 g/mol. The van der Waals surface area contributed by atoms with Crippen LogP contribution in [0.1, 0.15) is 18.2 Å². The number of rotatable bonds is 5. The summed E-state index contributed by atoms with van der Waals surface area (Å²) < 4.78 is 15.9. The SMILES string of the molecule is CCc1ccc(Oc2nc(CN)co2)c(OC)c1. The van der Waals surface area contributed by atoms with Gasteiger partial charge in [0.05, 0.1) is 12.8 Å². The highest BCUT2D eigenvalue weighted by Crippen LogP contribution is 2.32. The van der Waals surface area contributed by atoms with Crippen molar-refractivity contribution in [3.63, 3.8) is 0 Å². The minimum absolute atomic E-state index is 0.165. The van der Waals surface area contributed by atoms with Gasteiger partial charge in [-0.15, -0.1) is 0 Å². The Morgan fingerprint density at radius 1 is 1.33 bits per heavy atom. The molecule has 0 radical (unpaired) electrons. The van der Waals surface area contributed by atoms with E-state index in [1.54, 1.807) is 7.11 Å². The predicted molar refractivity (Wildman–Crippen MR) is 66.8 cm³/mol. The Balaban J connectivity index is 2.22. The largest absolute Gasteiger partial charge is 0.493 e. The highest BCUT2D eigenvalue weighted by atomic mass is 16.6. The zero-order chi connectivity index (χ0) is 13.0. The van der Waals surface area contributed by atoms with Crippen LogP contribution in [0.4, 0.5) is 0 Å². The van der Waals surface area contributed by atoms with Gasteiger partial charge in [0.2, 0.25) is 0 Å². The Hall–Kier alpha value is -2.01. The quantitative estimate of drug-likeness (QED) is 0.880. The van der Waals surface area contributed by atoms with Crippen molar-refractivity contribution in [2.45, 2.75) is 19.9 Å². The Morgan fingerprint density at radius 2 is 2.17 bits per heavy atom. The summed E-state index contributed by atoms with van der Waals surface area (Å²) in [6, 6.07) is 5.75. The second-order valence-electron chi connectivity index (χ2n) is 3.75. The number of ether oxygens (including phenoxy) is 2. The van der Waals surface area contributed by atoms with E-state index in [0.717, 1.165) is 6.42 Å². The van der Waals surface area contributed by atoms with Crippen LogP contribution in [-0.2, 0) is 13.0 Å². The van der Waals surface area contributed by atoms with Crippen molar-refractivity contribution in [3.05, 3.63) is 35.7 Å². The van der Waals surface area contributed by atoms with Crippen LogP contribution >= 0.6 is 0 Å². The summed E-state index contributed by atoms with van der Waals surface area (Å²) in [7, 11) is 1.60. The maximum absolute atomic E-state index is 5.52. The van der Waals surface area contributed by atoms with Crippen LogP contribution in [0.15, 0.2) is 28.9 Å². The Morgan fingerprint density at radius 3 is 2.78 bits per heavy atom. The number of hydrogen-bond donors (Lipinski definition) is 1. The number of aryl methyl sites for hydroxylation is 1. The first-order valence-corrected chi connectivity index (χ1v) is 5.76. The first-order valence-electron chi connectivity index (χ1n) is 5.76. The molecule has 1 aromatic carbocycles. The van der Waals surface area contributed by atoms with E-state index in [1.165, 1.54) is 11.8 Å². The number of aromatic nitrogens is 1. The molecule has 0 atom stereocenters. The third-order valence-electron chi connectivity index (χ3n) is 2.57. The van der Waals surface area contributed by atoms with Crippen LogP contribution in [-0.4, -0.2) is 12.1 Å². The molecule has 0 fully saturated rings. The zero-order valence-corrected chi connectivity index (χ0v) is 10.5. The molecule has 96 valence electrons. The van der Waals surface area contributed by atoms with E-state index in [-0.39, 0.29) is 6.08 Å². The van der Waals surface area contributed by atoms with Gasteiger partial charge in [-0.1, -0.05) is 13.0 Å². The number of nitrogens with zero attached hydrogens (tertiary/aromatic N) is 1. The first-order chi connectivity index (χ1) is 8.76. The number of methoxy groups -OCH3 is 1. The molecule has 0 unspecified atom stereocenters. The second-order valence-corrected chi connectivity index (χ2v) is 3.75. The van der Waals surface area contributed by atoms with Crippen LogP contribution in [0, 0.1) is 0 Å². The summed E-state index contributed by atoms with van der Waals surface area (Å²) in [5, 5.41) is 0. The van der Waals surface area contributed by atoms with Crippen molar-refractivity contribution in [2.24, 2.45) is 5.73 Å². The number of hydrogen-bond acceptors (Lipinski definition) is 5. The first kappa shape index (κ1) is 12.4. The molecule has 0 spiro atoms. The summed E-state index contributed by atoms with van der Waals surface area (Å²) >= 11 is 0. The maximum atomic E-state index is 5.52. The third kappa shape index (κ3) is 2.62. The summed E-state index contributed by atoms with van der Waals surface area (Å²) in [6.45, 7) is 2.40. The minimum atomic E-state index is 0.165. The molecule has 2 N–H and O–H groups in total. The molecule has 0 aliphatic heterocycles. The van der Waals surface area contributed by atoms with Gasteiger partial charge in [-0.3, -0.25) is 0 Å². The second kappa shape index (κ2) is 5.55. The summed E-state index contributed by atoms with van der Waals surface area (Å²) in [6.07, 6.45) is 2.58. The van der Waals surface area contributed by atoms with Crippen LogP contribution in [0.5, 0.6) is 17.6 Å². The lowest BCUT2D eigenvalue weighted by molar-refractivity contribution is 0.310. The van der Waals surface area contributed by atoms with Gasteiger partial charge >= 0.3 is 6.08 Å². The summed E-state index contributed by atoms with van der Waals surface area (Å²) in [4.78, 5) is 4.07. The number of oxazole rings is 1. The van der Waals surface area contributed by atoms with Crippen molar-refractivity contribution in [1.29, 1.82) is 0 Å². The van der Waals surface area contributed by atoms with E-state index in [2.05, 4.69) is 11.9 Å². The van der Waals surface area contributed by atoms with Gasteiger partial charge in [-0.05, 0) is 24.1 Å². The van der Waals surface area contributed by atoms with E-state index in [1.807, 2.05) is 18.2 Å². The van der Waals surface area contributed by atoms with E-state index >= 15 is 0 Å². The van der Waals surface area contributed by atoms with Crippen LogP contribution in [0.3, 0.4) is 0 Å². The summed E-state index contributed by atoms with van der Waals surface area (Å²) in [5.74, 6) is 1.22. The lowest BCUT2D eigenvalue weighted by Gasteiger charge is -2.08. The van der Waals surface area contributed by atoms with Gasteiger partial charge in [0.15, 0.2) is 11.5 Å². The third-order valence-corrected chi connectivity index (χ3v) is 2.57. The predicted octanol–water partition coefficient (Wildman–Crippen LogP) is 2.50. The minimum Gasteiger partial charge on any atom is -0.493 e. The zero-order valence-electron chi connectivity index (χ0n) is 10.5. The Kier molecular flexibility index (Phi) is 3.84. The fourth-order valence-electron chi connectivity index (χ4n) is 1.54. The fraction of sp³-hybridized carbons (Fsp3) is 0.308. The van der Waals surface area contributed by atoms with Gasteiger partial charge < -0.3 is 19.6 Å².